The lowest BCUT2D eigenvalue weighted by atomic mass is 9.89. The Bertz CT molecular complexity index is 1010. The molecule has 1 aliphatic rings. The third-order valence-electron chi connectivity index (χ3n) is 4.95. The van der Waals surface area contributed by atoms with Crippen molar-refractivity contribution in [2.45, 2.75) is 32.2 Å². The number of aryl methyl sites for hydroxylation is 1. The van der Waals surface area contributed by atoms with Crippen LogP contribution in [0.3, 0.4) is 0 Å². The second kappa shape index (κ2) is 6.33. The number of amides is 2. The summed E-state index contributed by atoms with van der Waals surface area (Å²) >= 11 is 0. The fourth-order valence-electron chi connectivity index (χ4n) is 3.63. The quantitative estimate of drug-likeness (QED) is 0.750. The molecule has 0 aliphatic carbocycles. The van der Waals surface area contributed by atoms with Gasteiger partial charge in [0.2, 0.25) is 11.8 Å². The zero-order chi connectivity index (χ0) is 18.3. The molecule has 3 aromatic rings. The molecule has 2 N–H and O–H groups in total. The van der Waals surface area contributed by atoms with E-state index in [-0.39, 0.29) is 24.3 Å². The predicted molar refractivity (Wildman–Crippen MR) is 99.9 cm³/mol. The van der Waals surface area contributed by atoms with Crippen LogP contribution in [-0.2, 0) is 9.59 Å². The summed E-state index contributed by atoms with van der Waals surface area (Å²) in [6.45, 7) is 3.89. The summed E-state index contributed by atoms with van der Waals surface area (Å²) in [5, 5.41) is 6.88. The number of hydrogen-bond donors (Lipinski definition) is 2. The average Bonchev–Trinajstić information content (AvgIpc) is 2.98. The molecule has 1 aromatic heterocycles. The van der Waals surface area contributed by atoms with Gasteiger partial charge in [-0.1, -0.05) is 36.4 Å². The van der Waals surface area contributed by atoms with Crippen LogP contribution in [0.5, 0.6) is 0 Å². The van der Waals surface area contributed by atoms with E-state index in [0.29, 0.717) is 5.69 Å². The Morgan fingerprint density at radius 2 is 1.92 bits per heavy atom. The molecule has 0 spiro atoms. The number of rotatable bonds is 3. The molecule has 2 aromatic carbocycles. The first kappa shape index (κ1) is 16.4. The second-order valence-electron chi connectivity index (χ2n) is 6.71. The lowest BCUT2D eigenvalue weighted by Crippen LogP contribution is -2.36. The van der Waals surface area contributed by atoms with Crippen molar-refractivity contribution in [3.05, 3.63) is 65.4 Å². The van der Waals surface area contributed by atoms with Crippen LogP contribution in [0, 0.1) is 6.92 Å². The Balaban J connectivity index is 1.60. The van der Waals surface area contributed by atoms with E-state index in [0.717, 1.165) is 27.9 Å². The van der Waals surface area contributed by atoms with Gasteiger partial charge in [-0.15, -0.1) is 0 Å². The number of para-hydroxylation sites is 2. The molecule has 26 heavy (non-hydrogen) atoms. The van der Waals surface area contributed by atoms with Crippen molar-refractivity contribution in [3.8, 4) is 0 Å². The van der Waals surface area contributed by atoms with Crippen molar-refractivity contribution < 1.29 is 14.0 Å². The number of anilines is 1. The van der Waals surface area contributed by atoms with Gasteiger partial charge < -0.3 is 15.1 Å². The number of carbonyl (C=O) groups is 2. The third kappa shape index (κ3) is 2.75. The third-order valence-corrected chi connectivity index (χ3v) is 4.95. The highest BCUT2D eigenvalue weighted by Gasteiger charge is 2.31. The maximum absolute atomic E-state index is 12.9. The minimum absolute atomic E-state index is 0.142. The van der Waals surface area contributed by atoms with E-state index in [1.54, 1.807) is 0 Å². The molecule has 1 aliphatic heterocycles. The lowest BCUT2D eigenvalue weighted by Gasteiger charge is -2.26. The topological polar surface area (TPSA) is 71.3 Å². The van der Waals surface area contributed by atoms with Crippen LogP contribution >= 0.6 is 0 Å². The molecular formula is C21H20N2O3. The summed E-state index contributed by atoms with van der Waals surface area (Å²) < 4.78 is 5.95. The maximum atomic E-state index is 12.9. The Hall–Kier alpha value is -3.08. The fourth-order valence-corrected chi connectivity index (χ4v) is 3.63. The molecule has 2 atom stereocenters. The van der Waals surface area contributed by atoms with Gasteiger partial charge in [0.1, 0.15) is 11.3 Å². The van der Waals surface area contributed by atoms with Gasteiger partial charge in [-0.05, 0) is 31.5 Å². The monoisotopic (exact) mass is 348 g/mol. The minimum atomic E-state index is -0.493. The van der Waals surface area contributed by atoms with Crippen molar-refractivity contribution in [1.82, 2.24) is 5.32 Å². The van der Waals surface area contributed by atoms with Gasteiger partial charge in [0.25, 0.3) is 0 Å². The van der Waals surface area contributed by atoms with Gasteiger partial charge in [-0.25, -0.2) is 0 Å². The fraction of sp³-hybridized carbons (Fsp3) is 0.238. The van der Waals surface area contributed by atoms with Gasteiger partial charge in [0.05, 0.1) is 12.0 Å². The van der Waals surface area contributed by atoms with E-state index in [1.807, 2.05) is 62.4 Å². The molecule has 0 saturated carbocycles. The summed E-state index contributed by atoms with van der Waals surface area (Å²) in [5.41, 5.74) is 3.38. The Morgan fingerprint density at radius 1 is 1.19 bits per heavy atom. The molecule has 5 nitrogen and oxygen atoms in total. The van der Waals surface area contributed by atoms with Crippen LogP contribution in [0.1, 0.15) is 42.2 Å². The van der Waals surface area contributed by atoms with Crippen molar-refractivity contribution in [2.24, 2.45) is 0 Å². The highest BCUT2D eigenvalue weighted by molar-refractivity contribution is 6.01. The summed E-state index contributed by atoms with van der Waals surface area (Å²) in [6, 6.07) is 15.0. The SMILES string of the molecule is Cc1c([C@@H](C)NC(=O)[C@H]2CC(=O)Nc3ccccc32)oc2ccccc12. The number of furan rings is 1. The normalized spacial score (nSPS) is 17.5. The van der Waals surface area contributed by atoms with Gasteiger partial charge in [0, 0.05) is 23.1 Å². The minimum Gasteiger partial charge on any atom is -0.459 e. The number of hydrogen-bond acceptors (Lipinski definition) is 3. The predicted octanol–water partition coefficient (Wildman–Crippen LogP) is 4.04. The van der Waals surface area contributed by atoms with E-state index >= 15 is 0 Å². The van der Waals surface area contributed by atoms with Crippen LogP contribution in [0.25, 0.3) is 11.0 Å². The molecule has 0 saturated heterocycles. The van der Waals surface area contributed by atoms with Gasteiger partial charge in [-0.2, -0.15) is 0 Å². The molecule has 0 radical (unpaired) electrons. The molecular weight excluding hydrogens is 328 g/mol. The summed E-state index contributed by atoms with van der Waals surface area (Å²) in [5.74, 6) is -0.0590. The Labute approximate surface area is 151 Å². The number of carbonyl (C=O) groups excluding carboxylic acids is 2. The maximum Gasteiger partial charge on any atom is 0.228 e. The smallest absolute Gasteiger partial charge is 0.228 e. The molecule has 132 valence electrons. The largest absolute Gasteiger partial charge is 0.459 e. The lowest BCUT2D eigenvalue weighted by molar-refractivity contribution is -0.126. The van der Waals surface area contributed by atoms with E-state index in [9.17, 15) is 9.59 Å². The van der Waals surface area contributed by atoms with E-state index < -0.39 is 5.92 Å². The summed E-state index contributed by atoms with van der Waals surface area (Å²) in [6.07, 6.45) is 0.147. The van der Waals surface area contributed by atoms with Crippen LogP contribution in [-0.4, -0.2) is 11.8 Å². The first-order valence-corrected chi connectivity index (χ1v) is 8.72. The zero-order valence-electron chi connectivity index (χ0n) is 14.7. The number of fused-ring (bicyclic) bond motifs is 2. The average molecular weight is 348 g/mol. The second-order valence-corrected chi connectivity index (χ2v) is 6.71. The molecule has 0 unspecified atom stereocenters. The Kier molecular flexibility index (Phi) is 3.99. The van der Waals surface area contributed by atoms with Crippen LogP contribution in [0.15, 0.2) is 52.9 Å². The molecule has 2 heterocycles. The van der Waals surface area contributed by atoms with Crippen molar-refractivity contribution in [3.63, 3.8) is 0 Å². The first-order valence-electron chi connectivity index (χ1n) is 8.72. The van der Waals surface area contributed by atoms with Crippen LogP contribution in [0.4, 0.5) is 5.69 Å². The molecule has 2 amide bonds. The van der Waals surface area contributed by atoms with E-state index in [4.69, 9.17) is 4.42 Å². The van der Waals surface area contributed by atoms with Gasteiger partial charge in [0.15, 0.2) is 0 Å². The zero-order valence-corrected chi connectivity index (χ0v) is 14.7. The summed E-state index contributed by atoms with van der Waals surface area (Å²) in [7, 11) is 0. The standard InChI is InChI=1S/C21H20N2O3/c1-12-14-7-4-6-10-18(14)26-20(12)13(2)22-21(25)16-11-19(24)23-17-9-5-3-8-15(16)17/h3-10,13,16H,11H2,1-2H3,(H,22,25)(H,23,24)/t13-,16+/m1/s1. The molecule has 0 bridgehead atoms. The molecule has 4 rings (SSSR count). The number of benzene rings is 2. The van der Waals surface area contributed by atoms with Crippen molar-refractivity contribution in [2.75, 3.05) is 5.32 Å². The van der Waals surface area contributed by atoms with Gasteiger partial charge in [-0.3, -0.25) is 9.59 Å². The summed E-state index contributed by atoms with van der Waals surface area (Å²) in [4.78, 5) is 24.8. The van der Waals surface area contributed by atoms with Crippen LogP contribution in [0.2, 0.25) is 0 Å². The number of nitrogens with one attached hydrogen (secondary N) is 2. The highest BCUT2D eigenvalue weighted by atomic mass is 16.3. The Morgan fingerprint density at radius 3 is 2.73 bits per heavy atom. The molecule has 0 fully saturated rings. The highest BCUT2D eigenvalue weighted by Crippen LogP contribution is 2.34. The van der Waals surface area contributed by atoms with Crippen LogP contribution < -0.4 is 10.6 Å². The van der Waals surface area contributed by atoms with Gasteiger partial charge >= 0.3 is 0 Å². The molecule has 5 heteroatoms. The van der Waals surface area contributed by atoms with E-state index in [2.05, 4.69) is 10.6 Å². The van der Waals surface area contributed by atoms with Crippen molar-refractivity contribution >= 4 is 28.5 Å². The van der Waals surface area contributed by atoms with E-state index in [1.165, 1.54) is 0 Å². The first-order chi connectivity index (χ1) is 12.5. The van der Waals surface area contributed by atoms with Crippen molar-refractivity contribution in [1.29, 1.82) is 0 Å².